The number of nitrogens with two attached hydrogens (primary N) is 1. The van der Waals surface area contributed by atoms with Crippen molar-refractivity contribution in [2.24, 2.45) is 5.84 Å². The minimum absolute atomic E-state index is 0.422. The molecule has 1 rings (SSSR count). The van der Waals surface area contributed by atoms with Gasteiger partial charge in [0, 0.05) is 4.90 Å². The summed E-state index contributed by atoms with van der Waals surface area (Å²) in [6, 6.07) is 7.85. The highest BCUT2D eigenvalue weighted by atomic mass is 32.2. The monoisotopic (exact) mass is 193 g/mol. The van der Waals surface area contributed by atoms with Gasteiger partial charge in [0.25, 0.3) is 0 Å². The van der Waals surface area contributed by atoms with Gasteiger partial charge in [-0.1, -0.05) is 12.1 Å². The highest BCUT2D eigenvalue weighted by molar-refractivity contribution is 7.98. The maximum Gasteiger partial charge on any atom is 0.0670 e. The second kappa shape index (κ2) is 4.75. The Morgan fingerprint density at radius 2 is 2.38 bits per heavy atom. The number of hydrogen-bond acceptors (Lipinski definition) is 4. The molecule has 0 aliphatic carbocycles. The predicted octanol–water partition coefficient (Wildman–Crippen LogP) is 1.76. The molecule has 0 saturated heterocycles. The zero-order valence-corrected chi connectivity index (χ0v) is 8.19. The molecule has 0 spiro atoms. The third-order valence-corrected chi connectivity index (χ3v) is 2.62. The van der Waals surface area contributed by atoms with E-state index in [2.05, 4.69) is 11.5 Å². The van der Waals surface area contributed by atoms with Crippen LogP contribution < -0.4 is 11.3 Å². The van der Waals surface area contributed by atoms with E-state index in [0.29, 0.717) is 6.42 Å². The van der Waals surface area contributed by atoms with E-state index in [1.165, 1.54) is 0 Å². The fourth-order valence-electron chi connectivity index (χ4n) is 1.16. The normalized spacial score (nSPS) is 9.31. The summed E-state index contributed by atoms with van der Waals surface area (Å²) in [7, 11) is 0. The number of nitriles is 1. The first-order valence-electron chi connectivity index (χ1n) is 3.83. The standard InChI is InChI=1S/C9H11N3S/c1-13-9-7(5-6-10)3-2-4-8(9)12-11/h2-4,12H,5,11H2,1H3. The van der Waals surface area contributed by atoms with Crippen molar-refractivity contribution in [1.82, 2.24) is 0 Å². The fourth-order valence-corrected chi connectivity index (χ4v) is 1.91. The number of hydrazine groups is 1. The highest BCUT2D eigenvalue weighted by Gasteiger charge is 2.05. The molecule has 0 radical (unpaired) electrons. The molecule has 13 heavy (non-hydrogen) atoms. The molecule has 0 aromatic heterocycles. The van der Waals surface area contributed by atoms with Gasteiger partial charge in [-0.25, -0.2) is 0 Å². The third kappa shape index (κ3) is 2.14. The van der Waals surface area contributed by atoms with Crippen molar-refractivity contribution in [2.45, 2.75) is 11.3 Å². The number of rotatable bonds is 3. The summed E-state index contributed by atoms with van der Waals surface area (Å²) < 4.78 is 0. The summed E-state index contributed by atoms with van der Waals surface area (Å²) in [5.41, 5.74) is 4.51. The first kappa shape index (κ1) is 9.90. The zero-order chi connectivity index (χ0) is 9.68. The number of thioether (sulfide) groups is 1. The van der Waals surface area contributed by atoms with Crippen LogP contribution >= 0.6 is 11.8 Å². The van der Waals surface area contributed by atoms with E-state index in [0.717, 1.165) is 16.1 Å². The van der Waals surface area contributed by atoms with Crippen molar-refractivity contribution >= 4 is 17.4 Å². The summed E-state index contributed by atoms with van der Waals surface area (Å²) in [6.45, 7) is 0. The van der Waals surface area contributed by atoms with Crippen molar-refractivity contribution in [3.63, 3.8) is 0 Å². The molecule has 0 fully saturated rings. The molecule has 0 saturated carbocycles. The Kier molecular flexibility index (Phi) is 3.62. The van der Waals surface area contributed by atoms with Gasteiger partial charge in [0.05, 0.1) is 18.2 Å². The number of nitrogen functional groups attached to an aromatic ring is 1. The molecule has 0 aliphatic rings. The molecule has 0 aliphatic heterocycles. The third-order valence-electron chi connectivity index (χ3n) is 1.73. The lowest BCUT2D eigenvalue weighted by molar-refractivity contribution is 1.16. The molecular formula is C9H11N3S. The van der Waals surface area contributed by atoms with Crippen LogP contribution in [0.15, 0.2) is 23.1 Å². The Bertz CT molecular complexity index is 330. The molecule has 3 N–H and O–H groups in total. The number of hydrogen-bond donors (Lipinski definition) is 2. The molecule has 3 nitrogen and oxygen atoms in total. The Morgan fingerprint density at radius 3 is 2.92 bits per heavy atom. The van der Waals surface area contributed by atoms with E-state index in [-0.39, 0.29) is 0 Å². The number of anilines is 1. The molecule has 0 unspecified atom stereocenters. The molecule has 0 atom stereocenters. The second-order valence-corrected chi connectivity index (χ2v) is 3.29. The largest absolute Gasteiger partial charge is 0.323 e. The van der Waals surface area contributed by atoms with Gasteiger partial charge in [-0.05, 0) is 17.9 Å². The van der Waals surface area contributed by atoms with E-state index < -0.39 is 0 Å². The lowest BCUT2D eigenvalue weighted by Crippen LogP contribution is -2.08. The van der Waals surface area contributed by atoms with Crippen LogP contribution in [0.25, 0.3) is 0 Å². The van der Waals surface area contributed by atoms with E-state index in [1.54, 1.807) is 11.8 Å². The van der Waals surface area contributed by atoms with Crippen molar-refractivity contribution in [1.29, 1.82) is 5.26 Å². The maximum atomic E-state index is 8.59. The Hall–Kier alpha value is -1.18. The first-order chi connectivity index (χ1) is 6.33. The minimum atomic E-state index is 0.422. The summed E-state index contributed by atoms with van der Waals surface area (Å²) in [5.74, 6) is 5.35. The van der Waals surface area contributed by atoms with Gasteiger partial charge in [-0.2, -0.15) is 5.26 Å². The van der Waals surface area contributed by atoms with Crippen molar-refractivity contribution in [2.75, 3.05) is 11.7 Å². The second-order valence-electron chi connectivity index (χ2n) is 2.48. The molecule has 68 valence electrons. The Morgan fingerprint density at radius 1 is 1.62 bits per heavy atom. The van der Waals surface area contributed by atoms with Crippen LogP contribution in [0.4, 0.5) is 5.69 Å². The van der Waals surface area contributed by atoms with Gasteiger partial charge in [0.2, 0.25) is 0 Å². The van der Waals surface area contributed by atoms with E-state index in [9.17, 15) is 0 Å². The number of nitrogens with zero attached hydrogens (tertiary/aromatic N) is 1. The van der Waals surface area contributed by atoms with Gasteiger partial charge in [-0.3, -0.25) is 5.84 Å². The van der Waals surface area contributed by atoms with Crippen molar-refractivity contribution in [3.05, 3.63) is 23.8 Å². The van der Waals surface area contributed by atoms with Crippen molar-refractivity contribution < 1.29 is 0 Å². The Labute approximate surface area is 81.9 Å². The smallest absolute Gasteiger partial charge is 0.0670 e. The molecule has 1 aromatic carbocycles. The van der Waals surface area contributed by atoms with Gasteiger partial charge in [0.15, 0.2) is 0 Å². The van der Waals surface area contributed by atoms with Crippen LogP contribution in [0.5, 0.6) is 0 Å². The van der Waals surface area contributed by atoms with Crippen LogP contribution in [0.3, 0.4) is 0 Å². The SMILES string of the molecule is CSc1c(CC#N)cccc1NN. The molecule has 1 aromatic rings. The van der Waals surface area contributed by atoms with E-state index in [4.69, 9.17) is 11.1 Å². The molecular weight excluding hydrogens is 182 g/mol. The fraction of sp³-hybridized carbons (Fsp3) is 0.222. The summed E-state index contributed by atoms with van der Waals surface area (Å²) in [5, 5.41) is 8.59. The van der Waals surface area contributed by atoms with Crippen LogP contribution in [-0.2, 0) is 6.42 Å². The highest BCUT2D eigenvalue weighted by Crippen LogP contribution is 2.28. The average molecular weight is 193 g/mol. The quantitative estimate of drug-likeness (QED) is 0.436. The van der Waals surface area contributed by atoms with Gasteiger partial charge in [0.1, 0.15) is 0 Å². The maximum absolute atomic E-state index is 8.59. The zero-order valence-electron chi connectivity index (χ0n) is 7.37. The Balaban J connectivity index is 3.12. The van der Waals surface area contributed by atoms with Gasteiger partial charge < -0.3 is 5.43 Å². The lowest BCUT2D eigenvalue weighted by Gasteiger charge is -2.09. The van der Waals surface area contributed by atoms with E-state index in [1.807, 2.05) is 24.5 Å². The molecule has 0 heterocycles. The van der Waals surface area contributed by atoms with Crippen LogP contribution in [-0.4, -0.2) is 6.26 Å². The summed E-state index contributed by atoms with van der Waals surface area (Å²) >= 11 is 1.59. The lowest BCUT2D eigenvalue weighted by atomic mass is 10.1. The van der Waals surface area contributed by atoms with Crippen molar-refractivity contribution in [3.8, 4) is 6.07 Å². The summed E-state index contributed by atoms with van der Waals surface area (Å²) in [4.78, 5) is 1.05. The molecule has 4 heteroatoms. The summed E-state index contributed by atoms with van der Waals surface area (Å²) in [6.07, 6.45) is 2.39. The number of benzene rings is 1. The van der Waals surface area contributed by atoms with Gasteiger partial charge >= 0.3 is 0 Å². The van der Waals surface area contributed by atoms with Gasteiger partial charge in [-0.15, -0.1) is 11.8 Å². The van der Waals surface area contributed by atoms with Crippen LogP contribution in [0.2, 0.25) is 0 Å². The van der Waals surface area contributed by atoms with E-state index >= 15 is 0 Å². The molecule has 0 bridgehead atoms. The van der Waals surface area contributed by atoms with Crippen LogP contribution in [0.1, 0.15) is 5.56 Å². The predicted molar refractivity (Wildman–Crippen MR) is 55.4 cm³/mol. The first-order valence-corrected chi connectivity index (χ1v) is 5.05. The molecule has 0 amide bonds. The minimum Gasteiger partial charge on any atom is -0.323 e. The topological polar surface area (TPSA) is 61.8 Å². The average Bonchev–Trinajstić information content (AvgIpc) is 2.18. The van der Waals surface area contributed by atoms with Crippen LogP contribution in [0, 0.1) is 11.3 Å². The number of nitrogens with one attached hydrogen (secondary N) is 1.